The van der Waals surface area contributed by atoms with Gasteiger partial charge in [0.15, 0.2) is 5.11 Å². The number of aromatic nitrogens is 2. The van der Waals surface area contributed by atoms with E-state index in [0.29, 0.717) is 12.1 Å². The summed E-state index contributed by atoms with van der Waals surface area (Å²) in [6, 6.07) is 10.1. The average Bonchev–Trinajstić information content (AvgIpc) is 3.48. The Balaban J connectivity index is 1.50. The van der Waals surface area contributed by atoms with Crippen molar-refractivity contribution in [3.8, 4) is 0 Å². The summed E-state index contributed by atoms with van der Waals surface area (Å²) in [6.07, 6.45) is 18.4. The van der Waals surface area contributed by atoms with Crippen LogP contribution in [0.3, 0.4) is 0 Å². The quantitative estimate of drug-likeness (QED) is 0.713. The molecular formula is C23H30N4S. The molecule has 3 heterocycles. The van der Waals surface area contributed by atoms with Crippen LogP contribution in [0.5, 0.6) is 0 Å². The van der Waals surface area contributed by atoms with Gasteiger partial charge in [0, 0.05) is 30.7 Å². The Kier molecular flexibility index (Phi) is 5.10. The minimum Gasteiger partial charge on any atom is -0.352 e. The number of nitrogens with zero attached hydrogens (tertiary/aromatic N) is 3. The monoisotopic (exact) mass is 394 g/mol. The van der Waals surface area contributed by atoms with Gasteiger partial charge in [0.1, 0.15) is 0 Å². The summed E-state index contributed by atoms with van der Waals surface area (Å²) < 4.78 is 2.46. The first-order valence-corrected chi connectivity index (χ1v) is 11.4. The fraction of sp³-hybridized carbons (Fsp3) is 0.565. The van der Waals surface area contributed by atoms with Crippen molar-refractivity contribution < 1.29 is 0 Å². The minimum atomic E-state index is 0.120. The lowest BCUT2D eigenvalue weighted by Crippen LogP contribution is -2.40. The first-order chi connectivity index (χ1) is 13.8. The molecule has 1 N–H and O–H groups in total. The number of nitrogens with one attached hydrogen (secondary N) is 1. The van der Waals surface area contributed by atoms with Crippen molar-refractivity contribution in [2.24, 2.45) is 0 Å². The van der Waals surface area contributed by atoms with Crippen molar-refractivity contribution in [3.63, 3.8) is 0 Å². The predicted molar refractivity (Wildman–Crippen MR) is 116 cm³/mol. The van der Waals surface area contributed by atoms with Crippen LogP contribution in [0.2, 0.25) is 0 Å². The Labute approximate surface area is 173 Å². The highest BCUT2D eigenvalue weighted by atomic mass is 32.1. The van der Waals surface area contributed by atoms with Crippen LogP contribution < -0.4 is 5.32 Å². The maximum atomic E-state index is 5.87. The summed E-state index contributed by atoms with van der Waals surface area (Å²) in [4.78, 5) is 7.20. The molecule has 2 aromatic rings. The van der Waals surface area contributed by atoms with Gasteiger partial charge in [0.25, 0.3) is 0 Å². The lowest BCUT2D eigenvalue weighted by Gasteiger charge is -2.36. The molecule has 2 saturated carbocycles. The molecule has 0 bridgehead atoms. The number of thiocarbonyl (C=S) groups is 1. The predicted octanol–water partition coefficient (Wildman–Crippen LogP) is 5.30. The molecule has 2 aromatic heterocycles. The van der Waals surface area contributed by atoms with Gasteiger partial charge in [-0.05, 0) is 61.7 Å². The van der Waals surface area contributed by atoms with Gasteiger partial charge in [0.2, 0.25) is 0 Å². The third-order valence-corrected chi connectivity index (χ3v) is 7.26. The van der Waals surface area contributed by atoms with Crippen LogP contribution in [0.25, 0.3) is 0 Å². The standard InChI is InChI=1S/C23H30N4S/c28-23-25-21(20-12-6-7-14-24-20)22(27(23)19-10-2-1-3-11-19)17-13-15-26(16-17)18-8-4-5-9-18/h6-7,12-16,18-19,21-22H,1-5,8-11H2,(H,25,28)/t21-,22-/m0/s1. The van der Waals surface area contributed by atoms with Crippen LogP contribution in [0, 0.1) is 0 Å². The first-order valence-electron chi connectivity index (χ1n) is 11.0. The second kappa shape index (κ2) is 7.86. The summed E-state index contributed by atoms with van der Waals surface area (Å²) in [5.74, 6) is 0. The van der Waals surface area contributed by atoms with Crippen LogP contribution in [-0.4, -0.2) is 25.6 Å². The Morgan fingerprint density at radius 3 is 2.43 bits per heavy atom. The van der Waals surface area contributed by atoms with E-state index in [2.05, 4.69) is 50.4 Å². The van der Waals surface area contributed by atoms with Gasteiger partial charge < -0.3 is 14.8 Å². The maximum Gasteiger partial charge on any atom is 0.170 e. The van der Waals surface area contributed by atoms with E-state index in [0.717, 1.165) is 10.8 Å². The molecule has 2 aliphatic carbocycles. The molecule has 0 unspecified atom stereocenters. The Hall–Kier alpha value is -1.88. The lowest BCUT2D eigenvalue weighted by atomic mass is 9.91. The Morgan fingerprint density at radius 1 is 0.929 bits per heavy atom. The van der Waals surface area contributed by atoms with Crippen molar-refractivity contribution in [1.29, 1.82) is 0 Å². The van der Waals surface area contributed by atoms with Gasteiger partial charge >= 0.3 is 0 Å². The van der Waals surface area contributed by atoms with Crippen molar-refractivity contribution in [2.75, 3.05) is 0 Å². The molecule has 5 heteroatoms. The summed E-state index contributed by atoms with van der Waals surface area (Å²) in [5, 5.41) is 4.53. The van der Waals surface area contributed by atoms with Crippen molar-refractivity contribution in [1.82, 2.24) is 19.8 Å². The molecule has 1 aliphatic heterocycles. The number of hydrogen-bond donors (Lipinski definition) is 1. The molecule has 0 radical (unpaired) electrons. The second-order valence-electron chi connectivity index (χ2n) is 8.66. The first kappa shape index (κ1) is 18.2. The third-order valence-electron chi connectivity index (χ3n) is 6.93. The Bertz CT molecular complexity index is 805. The number of hydrogen-bond acceptors (Lipinski definition) is 2. The van der Waals surface area contributed by atoms with E-state index in [1.54, 1.807) is 0 Å². The van der Waals surface area contributed by atoms with Crippen molar-refractivity contribution in [3.05, 3.63) is 54.1 Å². The normalized spacial score (nSPS) is 26.7. The lowest BCUT2D eigenvalue weighted by molar-refractivity contribution is 0.197. The highest BCUT2D eigenvalue weighted by molar-refractivity contribution is 7.80. The zero-order chi connectivity index (χ0) is 18.9. The number of rotatable bonds is 4. The van der Waals surface area contributed by atoms with Gasteiger partial charge in [-0.3, -0.25) is 4.98 Å². The van der Waals surface area contributed by atoms with Gasteiger partial charge in [-0.25, -0.2) is 0 Å². The van der Waals surface area contributed by atoms with Crippen molar-refractivity contribution in [2.45, 2.75) is 82.0 Å². The van der Waals surface area contributed by atoms with Gasteiger partial charge in [-0.2, -0.15) is 0 Å². The molecule has 2 atom stereocenters. The molecule has 0 spiro atoms. The van der Waals surface area contributed by atoms with Gasteiger partial charge in [0.05, 0.1) is 17.8 Å². The summed E-state index contributed by atoms with van der Waals surface area (Å²) in [5.41, 5.74) is 2.46. The molecule has 3 aliphatic rings. The van der Waals surface area contributed by atoms with Crippen molar-refractivity contribution >= 4 is 17.3 Å². The van der Waals surface area contributed by atoms with Gasteiger partial charge in [-0.15, -0.1) is 0 Å². The van der Waals surface area contributed by atoms with Crippen LogP contribution in [0.1, 0.15) is 87.2 Å². The topological polar surface area (TPSA) is 33.1 Å². The van der Waals surface area contributed by atoms with Crippen LogP contribution in [0.15, 0.2) is 42.9 Å². The SMILES string of the molecule is S=C1N[C@@H](c2ccccn2)[C@H](c2ccn(C3CCCC3)c2)N1C1CCCCC1. The molecular weight excluding hydrogens is 364 g/mol. The van der Waals surface area contributed by atoms with Crippen LogP contribution in [-0.2, 0) is 0 Å². The van der Waals surface area contributed by atoms with E-state index in [9.17, 15) is 0 Å². The minimum absolute atomic E-state index is 0.120. The zero-order valence-electron chi connectivity index (χ0n) is 16.5. The van der Waals surface area contributed by atoms with E-state index in [4.69, 9.17) is 12.2 Å². The summed E-state index contributed by atoms with van der Waals surface area (Å²) >= 11 is 5.87. The summed E-state index contributed by atoms with van der Waals surface area (Å²) in [7, 11) is 0. The summed E-state index contributed by atoms with van der Waals surface area (Å²) in [6.45, 7) is 0. The second-order valence-corrected chi connectivity index (χ2v) is 9.04. The average molecular weight is 395 g/mol. The van der Waals surface area contributed by atoms with Crippen LogP contribution in [0.4, 0.5) is 0 Å². The van der Waals surface area contributed by atoms with E-state index < -0.39 is 0 Å². The largest absolute Gasteiger partial charge is 0.352 e. The maximum absolute atomic E-state index is 5.87. The fourth-order valence-electron chi connectivity index (χ4n) is 5.51. The molecule has 1 saturated heterocycles. The zero-order valence-corrected chi connectivity index (χ0v) is 17.3. The highest BCUT2D eigenvalue weighted by Gasteiger charge is 2.43. The van der Waals surface area contributed by atoms with E-state index in [1.807, 2.05) is 12.3 Å². The van der Waals surface area contributed by atoms with E-state index in [-0.39, 0.29) is 12.1 Å². The Morgan fingerprint density at radius 2 is 1.68 bits per heavy atom. The fourth-order valence-corrected chi connectivity index (χ4v) is 5.90. The molecule has 5 rings (SSSR count). The third kappa shape index (κ3) is 3.34. The van der Waals surface area contributed by atoms with E-state index in [1.165, 1.54) is 63.4 Å². The number of pyridine rings is 1. The van der Waals surface area contributed by atoms with Gasteiger partial charge in [-0.1, -0.05) is 38.2 Å². The molecule has 0 amide bonds. The van der Waals surface area contributed by atoms with Crippen LogP contribution >= 0.6 is 12.2 Å². The molecule has 28 heavy (non-hydrogen) atoms. The molecule has 4 nitrogen and oxygen atoms in total. The highest BCUT2D eigenvalue weighted by Crippen LogP contribution is 2.43. The smallest absolute Gasteiger partial charge is 0.170 e. The molecule has 148 valence electrons. The molecule has 0 aromatic carbocycles. The molecule has 3 fully saturated rings. The van der Waals surface area contributed by atoms with E-state index >= 15 is 0 Å².